The minimum absolute atomic E-state index is 0.233. The first-order chi connectivity index (χ1) is 13.0. The predicted octanol–water partition coefficient (Wildman–Crippen LogP) is 2.88. The predicted molar refractivity (Wildman–Crippen MR) is 104 cm³/mol. The second kappa shape index (κ2) is 6.53. The van der Waals surface area contributed by atoms with E-state index >= 15 is 0 Å². The number of aryl methyl sites for hydroxylation is 2. The molecule has 0 radical (unpaired) electrons. The molecule has 0 saturated carbocycles. The number of anilines is 1. The number of para-hydroxylation sites is 1. The summed E-state index contributed by atoms with van der Waals surface area (Å²) in [6.07, 6.45) is 0. The zero-order valence-electron chi connectivity index (χ0n) is 14.9. The fourth-order valence-corrected chi connectivity index (χ4v) is 3.00. The third-order valence-electron chi connectivity index (χ3n) is 4.37. The highest BCUT2D eigenvalue weighted by Gasteiger charge is 2.14. The summed E-state index contributed by atoms with van der Waals surface area (Å²) >= 11 is 0. The molecule has 1 amide bonds. The van der Waals surface area contributed by atoms with E-state index in [0.717, 1.165) is 10.9 Å². The van der Waals surface area contributed by atoms with Gasteiger partial charge in [0.15, 0.2) is 5.82 Å². The number of rotatable bonds is 3. The molecule has 2 heterocycles. The van der Waals surface area contributed by atoms with Gasteiger partial charge in [0.05, 0.1) is 11.1 Å². The lowest BCUT2D eigenvalue weighted by Crippen LogP contribution is -2.21. The van der Waals surface area contributed by atoms with E-state index in [9.17, 15) is 9.59 Å². The van der Waals surface area contributed by atoms with Gasteiger partial charge in [-0.15, -0.1) is 0 Å². The summed E-state index contributed by atoms with van der Waals surface area (Å²) in [6.45, 7) is 1.82. The van der Waals surface area contributed by atoms with Crippen LogP contribution >= 0.6 is 0 Å². The number of nitrogens with zero attached hydrogens (tertiary/aromatic N) is 3. The van der Waals surface area contributed by atoms with Crippen molar-refractivity contribution in [3.8, 4) is 11.4 Å². The maximum atomic E-state index is 12.8. The van der Waals surface area contributed by atoms with Gasteiger partial charge in [-0.3, -0.25) is 14.7 Å². The average Bonchev–Trinajstić information content (AvgIpc) is 3.11. The Bertz CT molecular complexity index is 1220. The van der Waals surface area contributed by atoms with Gasteiger partial charge in [-0.05, 0) is 25.1 Å². The molecule has 0 aliphatic rings. The van der Waals surface area contributed by atoms with Crippen molar-refractivity contribution in [1.29, 1.82) is 0 Å². The summed E-state index contributed by atoms with van der Waals surface area (Å²) in [6, 6.07) is 16.0. The molecule has 7 heteroatoms. The Labute approximate surface area is 154 Å². The van der Waals surface area contributed by atoms with E-state index in [4.69, 9.17) is 0 Å². The fraction of sp³-hybridized carbons (Fsp3) is 0.100. The first kappa shape index (κ1) is 16.7. The van der Waals surface area contributed by atoms with Crippen LogP contribution in [0.2, 0.25) is 0 Å². The third-order valence-corrected chi connectivity index (χ3v) is 4.37. The maximum Gasteiger partial charge on any atom is 0.256 e. The Hall–Kier alpha value is -3.74. The van der Waals surface area contributed by atoms with Crippen molar-refractivity contribution in [3.05, 3.63) is 76.3 Å². The van der Waals surface area contributed by atoms with Crippen LogP contribution in [0.15, 0.2) is 59.4 Å². The second-order valence-corrected chi connectivity index (χ2v) is 6.25. The van der Waals surface area contributed by atoms with Crippen molar-refractivity contribution in [2.45, 2.75) is 6.92 Å². The van der Waals surface area contributed by atoms with Crippen molar-refractivity contribution in [1.82, 2.24) is 19.7 Å². The van der Waals surface area contributed by atoms with Gasteiger partial charge in [-0.25, -0.2) is 4.98 Å². The molecule has 4 rings (SSSR count). The molecule has 4 aromatic rings. The number of benzene rings is 2. The largest absolute Gasteiger partial charge is 0.322 e. The molecule has 2 aromatic heterocycles. The highest BCUT2D eigenvalue weighted by molar-refractivity contribution is 6.12. The quantitative estimate of drug-likeness (QED) is 0.588. The smallest absolute Gasteiger partial charge is 0.256 e. The Balaban J connectivity index is 1.70. The molecular weight excluding hydrogens is 342 g/mol. The summed E-state index contributed by atoms with van der Waals surface area (Å²) in [5.74, 6) is 0.931. The summed E-state index contributed by atoms with van der Waals surface area (Å²) in [5.41, 5.74) is 2.20. The number of hydrogen-bond acceptors (Lipinski definition) is 4. The molecule has 0 bridgehead atoms. The zero-order chi connectivity index (χ0) is 19.0. The van der Waals surface area contributed by atoms with E-state index in [0.29, 0.717) is 28.4 Å². The van der Waals surface area contributed by atoms with Crippen LogP contribution in [0, 0.1) is 6.92 Å². The number of aromatic nitrogens is 4. The zero-order valence-corrected chi connectivity index (χ0v) is 14.9. The van der Waals surface area contributed by atoms with Gasteiger partial charge < -0.3 is 9.88 Å². The summed E-state index contributed by atoms with van der Waals surface area (Å²) in [5, 5.41) is 10.5. The highest BCUT2D eigenvalue weighted by Crippen LogP contribution is 2.21. The monoisotopic (exact) mass is 359 g/mol. The molecule has 0 atom stereocenters. The van der Waals surface area contributed by atoms with Crippen LogP contribution in [0.5, 0.6) is 0 Å². The number of carbonyl (C=O) groups is 1. The summed E-state index contributed by atoms with van der Waals surface area (Å²) in [7, 11) is 1.69. The summed E-state index contributed by atoms with van der Waals surface area (Å²) in [4.78, 5) is 29.4. The first-order valence-electron chi connectivity index (χ1n) is 8.42. The molecule has 27 heavy (non-hydrogen) atoms. The number of hydrogen-bond donors (Lipinski definition) is 2. The molecule has 2 N–H and O–H groups in total. The van der Waals surface area contributed by atoms with Crippen LogP contribution in [-0.2, 0) is 7.05 Å². The third kappa shape index (κ3) is 3.10. The number of aromatic amines is 1. The van der Waals surface area contributed by atoms with Crippen LogP contribution < -0.4 is 10.9 Å². The van der Waals surface area contributed by atoms with Crippen LogP contribution in [0.4, 0.5) is 5.69 Å². The molecule has 0 aliphatic heterocycles. The van der Waals surface area contributed by atoms with E-state index in [1.54, 1.807) is 19.2 Å². The Morgan fingerprint density at radius 2 is 1.93 bits per heavy atom. The van der Waals surface area contributed by atoms with Crippen molar-refractivity contribution in [2.24, 2.45) is 7.05 Å². The van der Waals surface area contributed by atoms with Crippen LogP contribution in [0.25, 0.3) is 22.3 Å². The molecule has 0 aliphatic carbocycles. The van der Waals surface area contributed by atoms with E-state index in [2.05, 4.69) is 20.5 Å². The lowest BCUT2D eigenvalue weighted by atomic mass is 10.1. The number of pyridine rings is 1. The normalized spacial score (nSPS) is 10.9. The molecule has 0 fully saturated rings. The van der Waals surface area contributed by atoms with Crippen LogP contribution in [0.3, 0.4) is 0 Å². The topological polar surface area (TPSA) is 92.7 Å². The number of H-pyrrole nitrogens is 1. The molecule has 0 saturated heterocycles. The van der Waals surface area contributed by atoms with E-state index in [1.807, 2.05) is 43.3 Å². The van der Waals surface area contributed by atoms with E-state index in [-0.39, 0.29) is 11.5 Å². The van der Waals surface area contributed by atoms with Gasteiger partial charge >= 0.3 is 0 Å². The van der Waals surface area contributed by atoms with Crippen LogP contribution in [-0.4, -0.2) is 25.7 Å². The minimum atomic E-state index is -0.341. The van der Waals surface area contributed by atoms with Gasteiger partial charge in [0.1, 0.15) is 5.82 Å². The Morgan fingerprint density at radius 3 is 2.70 bits per heavy atom. The molecule has 0 unspecified atom stereocenters. The molecule has 2 aromatic carbocycles. The Kier molecular flexibility index (Phi) is 4.04. The van der Waals surface area contributed by atoms with E-state index in [1.165, 1.54) is 10.6 Å². The number of carbonyl (C=O) groups excluding carboxylic acids is 1. The van der Waals surface area contributed by atoms with Gasteiger partial charge in [0, 0.05) is 29.8 Å². The van der Waals surface area contributed by atoms with E-state index < -0.39 is 0 Å². The first-order valence-corrected chi connectivity index (χ1v) is 8.42. The Morgan fingerprint density at radius 1 is 1.11 bits per heavy atom. The molecule has 0 spiro atoms. The van der Waals surface area contributed by atoms with Gasteiger partial charge in [-0.2, -0.15) is 5.10 Å². The van der Waals surface area contributed by atoms with Crippen molar-refractivity contribution in [2.75, 3.05) is 5.32 Å². The fourth-order valence-electron chi connectivity index (χ4n) is 3.00. The minimum Gasteiger partial charge on any atom is -0.322 e. The second-order valence-electron chi connectivity index (χ2n) is 6.25. The van der Waals surface area contributed by atoms with Gasteiger partial charge in [0.25, 0.3) is 11.5 Å². The average molecular weight is 359 g/mol. The lowest BCUT2D eigenvalue weighted by Gasteiger charge is -2.11. The number of nitrogens with one attached hydrogen (secondary N) is 2. The van der Waals surface area contributed by atoms with Gasteiger partial charge in [-0.1, -0.05) is 30.3 Å². The van der Waals surface area contributed by atoms with Crippen molar-refractivity contribution in [3.63, 3.8) is 0 Å². The van der Waals surface area contributed by atoms with Crippen molar-refractivity contribution < 1.29 is 4.79 Å². The molecular formula is C20H17N5O2. The summed E-state index contributed by atoms with van der Waals surface area (Å²) < 4.78 is 1.53. The lowest BCUT2D eigenvalue weighted by molar-refractivity contribution is 0.102. The molecule has 134 valence electrons. The maximum absolute atomic E-state index is 12.8. The standard InChI is InChI=1S/C20H17N5O2/c1-12-21-19(24-23-12)13-6-5-7-14(10-13)22-20(27)16-11-18(26)25(2)17-9-4-3-8-15(16)17/h3-11H,1-2H3,(H,22,27)(H,21,23,24). The SMILES string of the molecule is Cc1nc(-c2cccc(NC(=O)c3cc(=O)n(C)c4ccccc34)c2)n[nH]1. The number of amides is 1. The highest BCUT2D eigenvalue weighted by atomic mass is 16.2. The van der Waals surface area contributed by atoms with Gasteiger partial charge in [0.2, 0.25) is 0 Å². The molecule has 7 nitrogen and oxygen atoms in total. The van der Waals surface area contributed by atoms with Crippen LogP contribution in [0.1, 0.15) is 16.2 Å². The van der Waals surface area contributed by atoms with Crippen molar-refractivity contribution >= 4 is 22.5 Å². The number of fused-ring (bicyclic) bond motifs is 1.